The lowest BCUT2D eigenvalue weighted by Crippen LogP contribution is -2.41. The quantitative estimate of drug-likeness (QED) is 0.552. The second-order valence-corrected chi connectivity index (χ2v) is 6.59. The average Bonchev–Trinajstić information content (AvgIpc) is 2.27. The Morgan fingerprint density at radius 3 is 2.62 bits per heavy atom. The lowest BCUT2D eigenvalue weighted by atomic mass is 9.53. The predicted molar refractivity (Wildman–Crippen MR) is 71.5 cm³/mol. The zero-order valence-corrected chi connectivity index (χ0v) is 11.4. The third-order valence-electron chi connectivity index (χ3n) is 5.43. The van der Waals surface area contributed by atoms with E-state index in [4.69, 9.17) is 0 Å². The Bertz CT molecular complexity index is 276. The summed E-state index contributed by atoms with van der Waals surface area (Å²) in [5.74, 6) is 0. The molecule has 0 aromatic heterocycles. The highest BCUT2D eigenvalue weighted by atomic mass is 14.5. The SMILES string of the molecule is CCCCC1=C[C@]2(C)CCCC[C@]2(C)CC1. The van der Waals surface area contributed by atoms with Crippen molar-refractivity contribution in [1.82, 2.24) is 0 Å². The van der Waals surface area contributed by atoms with E-state index in [-0.39, 0.29) is 0 Å². The molecular weight excluding hydrogens is 192 g/mol. The monoisotopic (exact) mass is 220 g/mol. The molecule has 0 bridgehead atoms. The van der Waals surface area contributed by atoms with Crippen LogP contribution in [0, 0.1) is 10.8 Å². The number of allylic oxidation sites excluding steroid dienone is 2. The van der Waals surface area contributed by atoms with Gasteiger partial charge in [0.1, 0.15) is 0 Å². The van der Waals surface area contributed by atoms with Crippen LogP contribution in [0.5, 0.6) is 0 Å². The summed E-state index contributed by atoms with van der Waals surface area (Å²) in [6, 6.07) is 0. The topological polar surface area (TPSA) is 0 Å². The summed E-state index contributed by atoms with van der Waals surface area (Å²) in [6.07, 6.45) is 15.4. The number of hydrogen-bond acceptors (Lipinski definition) is 0. The van der Waals surface area contributed by atoms with Crippen LogP contribution in [0.1, 0.15) is 78.6 Å². The van der Waals surface area contributed by atoms with Crippen molar-refractivity contribution >= 4 is 0 Å². The van der Waals surface area contributed by atoms with Crippen molar-refractivity contribution in [2.75, 3.05) is 0 Å². The van der Waals surface area contributed by atoms with Crippen LogP contribution in [0.25, 0.3) is 0 Å². The van der Waals surface area contributed by atoms with Crippen LogP contribution in [0.15, 0.2) is 11.6 Å². The average molecular weight is 220 g/mol. The third kappa shape index (κ3) is 2.08. The van der Waals surface area contributed by atoms with Crippen molar-refractivity contribution in [2.24, 2.45) is 10.8 Å². The molecule has 0 radical (unpaired) electrons. The Morgan fingerprint density at radius 2 is 1.88 bits per heavy atom. The Labute approximate surface area is 102 Å². The van der Waals surface area contributed by atoms with Gasteiger partial charge in [0.05, 0.1) is 0 Å². The molecule has 0 amide bonds. The van der Waals surface area contributed by atoms with E-state index in [1.165, 1.54) is 57.8 Å². The van der Waals surface area contributed by atoms with Crippen molar-refractivity contribution in [1.29, 1.82) is 0 Å². The molecule has 2 atom stereocenters. The first-order chi connectivity index (χ1) is 7.60. The molecule has 0 aromatic carbocycles. The van der Waals surface area contributed by atoms with Crippen molar-refractivity contribution in [3.05, 3.63) is 11.6 Å². The van der Waals surface area contributed by atoms with Gasteiger partial charge in [-0.3, -0.25) is 0 Å². The summed E-state index contributed by atoms with van der Waals surface area (Å²) in [5, 5.41) is 0. The van der Waals surface area contributed by atoms with Crippen LogP contribution >= 0.6 is 0 Å². The largest absolute Gasteiger partial charge is 0.0788 e. The number of rotatable bonds is 3. The van der Waals surface area contributed by atoms with Crippen molar-refractivity contribution < 1.29 is 0 Å². The minimum Gasteiger partial charge on any atom is -0.0788 e. The molecule has 0 heteroatoms. The molecule has 2 aliphatic rings. The van der Waals surface area contributed by atoms with Gasteiger partial charge in [0.15, 0.2) is 0 Å². The molecule has 2 aliphatic carbocycles. The molecule has 0 unspecified atom stereocenters. The van der Waals surface area contributed by atoms with Gasteiger partial charge >= 0.3 is 0 Å². The highest BCUT2D eigenvalue weighted by Crippen LogP contribution is 2.57. The van der Waals surface area contributed by atoms with Gasteiger partial charge in [-0.1, -0.05) is 51.7 Å². The second-order valence-electron chi connectivity index (χ2n) is 6.59. The van der Waals surface area contributed by atoms with Crippen LogP contribution in [0.4, 0.5) is 0 Å². The molecule has 0 heterocycles. The zero-order valence-electron chi connectivity index (χ0n) is 11.4. The minimum absolute atomic E-state index is 0.520. The molecule has 92 valence electrons. The maximum absolute atomic E-state index is 2.69. The Kier molecular flexibility index (Phi) is 3.47. The highest BCUT2D eigenvalue weighted by molar-refractivity contribution is 5.19. The van der Waals surface area contributed by atoms with Crippen LogP contribution in [0.2, 0.25) is 0 Å². The normalized spacial score (nSPS) is 39.1. The van der Waals surface area contributed by atoms with E-state index in [9.17, 15) is 0 Å². The fraction of sp³-hybridized carbons (Fsp3) is 0.875. The summed E-state index contributed by atoms with van der Waals surface area (Å²) in [7, 11) is 0. The van der Waals surface area contributed by atoms with E-state index in [0.717, 1.165) is 0 Å². The van der Waals surface area contributed by atoms with E-state index < -0.39 is 0 Å². The Hall–Kier alpha value is -0.260. The minimum atomic E-state index is 0.520. The van der Waals surface area contributed by atoms with E-state index in [2.05, 4.69) is 26.8 Å². The fourth-order valence-corrected chi connectivity index (χ4v) is 3.81. The maximum atomic E-state index is 2.69. The van der Waals surface area contributed by atoms with E-state index in [1.807, 2.05) is 0 Å². The number of unbranched alkanes of at least 4 members (excludes halogenated alkanes) is 1. The molecule has 0 saturated heterocycles. The first-order valence-corrected chi connectivity index (χ1v) is 7.30. The summed E-state index contributed by atoms with van der Waals surface area (Å²) in [5.41, 5.74) is 2.90. The summed E-state index contributed by atoms with van der Waals surface area (Å²) in [6.45, 7) is 7.37. The van der Waals surface area contributed by atoms with Gasteiger partial charge in [0.2, 0.25) is 0 Å². The van der Waals surface area contributed by atoms with Crippen LogP contribution in [-0.4, -0.2) is 0 Å². The van der Waals surface area contributed by atoms with Crippen molar-refractivity contribution in [3.8, 4) is 0 Å². The van der Waals surface area contributed by atoms with Gasteiger partial charge in [-0.25, -0.2) is 0 Å². The molecule has 2 rings (SSSR count). The second kappa shape index (κ2) is 4.55. The highest BCUT2D eigenvalue weighted by Gasteiger charge is 2.46. The zero-order chi connectivity index (χ0) is 11.6. The fourth-order valence-electron chi connectivity index (χ4n) is 3.81. The van der Waals surface area contributed by atoms with Crippen LogP contribution in [-0.2, 0) is 0 Å². The van der Waals surface area contributed by atoms with Gasteiger partial charge in [-0.2, -0.15) is 0 Å². The standard InChI is InChI=1S/C16H28/c1-4-5-8-14-9-12-15(2)10-6-7-11-16(15,3)13-14/h13H,4-12H2,1-3H3/t15-,16+/m1/s1. The van der Waals surface area contributed by atoms with Gasteiger partial charge in [0.25, 0.3) is 0 Å². The Balaban J connectivity index is 2.14. The first kappa shape index (κ1) is 12.2. The maximum Gasteiger partial charge on any atom is -0.00900 e. The molecule has 0 nitrogen and oxygen atoms in total. The van der Waals surface area contributed by atoms with Gasteiger partial charge < -0.3 is 0 Å². The van der Waals surface area contributed by atoms with Crippen molar-refractivity contribution in [2.45, 2.75) is 78.6 Å². The molecule has 0 aliphatic heterocycles. The van der Waals surface area contributed by atoms with Gasteiger partial charge in [0, 0.05) is 0 Å². The Morgan fingerprint density at radius 1 is 1.12 bits per heavy atom. The lowest BCUT2D eigenvalue weighted by molar-refractivity contribution is 0.0409. The third-order valence-corrected chi connectivity index (χ3v) is 5.43. The number of fused-ring (bicyclic) bond motifs is 1. The molecule has 0 N–H and O–H groups in total. The first-order valence-electron chi connectivity index (χ1n) is 7.30. The van der Waals surface area contributed by atoms with Gasteiger partial charge in [-0.15, -0.1) is 0 Å². The molecule has 1 fully saturated rings. The molecule has 0 aromatic rings. The molecule has 0 spiro atoms. The van der Waals surface area contributed by atoms with Crippen LogP contribution in [0.3, 0.4) is 0 Å². The predicted octanol–water partition coefficient (Wildman–Crippen LogP) is 5.48. The van der Waals surface area contributed by atoms with Crippen LogP contribution < -0.4 is 0 Å². The molecule has 16 heavy (non-hydrogen) atoms. The summed E-state index contributed by atoms with van der Waals surface area (Å²) >= 11 is 0. The van der Waals surface area contributed by atoms with E-state index in [1.54, 1.807) is 5.57 Å². The summed E-state index contributed by atoms with van der Waals surface area (Å²) < 4.78 is 0. The lowest BCUT2D eigenvalue weighted by Gasteiger charge is -2.52. The van der Waals surface area contributed by atoms with Gasteiger partial charge in [-0.05, 0) is 49.4 Å². The smallest absolute Gasteiger partial charge is 0.00900 e. The number of hydrogen-bond donors (Lipinski definition) is 0. The van der Waals surface area contributed by atoms with Crippen molar-refractivity contribution in [3.63, 3.8) is 0 Å². The molecule has 1 saturated carbocycles. The molecular formula is C16H28. The van der Waals surface area contributed by atoms with E-state index in [0.29, 0.717) is 10.8 Å². The summed E-state index contributed by atoms with van der Waals surface area (Å²) in [4.78, 5) is 0. The van der Waals surface area contributed by atoms with E-state index >= 15 is 0 Å².